The number of aryl methyl sites for hydroxylation is 1. The summed E-state index contributed by atoms with van der Waals surface area (Å²) in [6.45, 7) is 2.88. The summed E-state index contributed by atoms with van der Waals surface area (Å²) in [7, 11) is 0. The van der Waals surface area contributed by atoms with E-state index in [0.29, 0.717) is 24.9 Å². The molecule has 3 aromatic heterocycles. The maximum absolute atomic E-state index is 10.8. The summed E-state index contributed by atoms with van der Waals surface area (Å²) in [6.07, 6.45) is 3.50. The van der Waals surface area contributed by atoms with Crippen LogP contribution in [0.15, 0.2) is 48.8 Å². The van der Waals surface area contributed by atoms with E-state index >= 15 is 0 Å². The van der Waals surface area contributed by atoms with Gasteiger partial charge in [-0.1, -0.05) is 0 Å². The van der Waals surface area contributed by atoms with Crippen LogP contribution in [0.5, 0.6) is 5.75 Å². The zero-order valence-corrected chi connectivity index (χ0v) is 16.6. The number of phenols is 1. The molecule has 0 atom stereocenters. The summed E-state index contributed by atoms with van der Waals surface area (Å²) >= 11 is 0. The molecule has 1 aromatic carbocycles. The highest BCUT2D eigenvalue weighted by atomic mass is 16.6. The van der Waals surface area contributed by atoms with Crippen molar-refractivity contribution in [1.82, 2.24) is 19.4 Å². The van der Waals surface area contributed by atoms with E-state index in [2.05, 4.69) is 20.6 Å². The van der Waals surface area contributed by atoms with Crippen LogP contribution in [0.1, 0.15) is 5.56 Å². The van der Waals surface area contributed by atoms with Gasteiger partial charge in [0.2, 0.25) is 11.8 Å². The number of benzene rings is 1. The van der Waals surface area contributed by atoms with Gasteiger partial charge in [-0.15, -0.1) is 0 Å². The van der Waals surface area contributed by atoms with E-state index in [1.807, 2.05) is 29.7 Å². The molecule has 158 valence electrons. The smallest absolute Gasteiger partial charge is 0.311 e. The van der Waals surface area contributed by atoms with Gasteiger partial charge >= 0.3 is 5.69 Å². The number of anilines is 3. The van der Waals surface area contributed by atoms with Gasteiger partial charge in [-0.25, -0.2) is 15.0 Å². The molecule has 0 fully saturated rings. The van der Waals surface area contributed by atoms with Crippen molar-refractivity contribution in [3.8, 4) is 17.0 Å². The Kier molecular flexibility index (Phi) is 5.22. The number of phenolic OH excluding ortho intramolecular Hbond substituents is 1. The van der Waals surface area contributed by atoms with Crippen molar-refractivity contribution in [2.45, 2.75) is 6.92 Å². The lowest BCUT2D eigenvalue weighted by Crippen LogP contribution is -2.17. The van der Waals surface area contributed by atoms with Crippen LogP contribution in [0.25, 0.3) is 16.9 Å². The lowest BCUT2D eigenvalue weighted by atomic mass is 10.1. The van der Waals surface area contributed by atoms with E-state index in [1.54, 1.807) is 18.3 Å². The van der Waals surface area contributed by atoms with Crippen LogP contribution in [0.4, 0.5) is 23.3 Å². The van der Waals surface area contributed by atoms with E-state index in [0.717, 1.165) is 22.5 Å². The fourth-order valence-electron chi connectivity index (χ4n) is 3.21. The number of imidazole rings is 1. The number of hydrogen-bond donors (Lipinski definition) is 4. The molecule has 0 aliphatic rings. The van der Waals surface area contributed by atoms with Gasteiger partial charge in [0.25, 0.3) is 0 Å². The Morgan fingerprint density at radius 3 is 2.71 bits per heavy atom. The SMILES string of the molecule is Cc1cc(O)ccc1-c1cc2nccn2c(NCCNc2ccc([N+](=O)[O-])c(N)n2)n1. The zero-order valence-electron chi connectivity index (χ0n) is 16.6. The Bertz CT molecular complexity index is 1270. The van der Waals surface area contributed by atoms with Crippen molar-refractivity contribution in [2.24, 2.45) is 0 Å². The molecule has 0 aliphatic carbocycles. The van der Waals surface area contributed by atoms with Crippen LogP contribution < -0.4 is 16.4 Å². The molecule has 0 bridgehead atoms. The minimum absolute atomic E-state index is 0.137. The summed E-state index contributed by atoms with van der Waals surface area (Å²) in [4.78, 5) is 23.3. The molecule has 4 aromatic rings. The fraction of sp³-hybridized carbons (Fsp3) is 0.150. The first kappa shape index (κ1) is 19.9. The number of pyridine rings is 1. The van der Waals surface area contributed by atoms with Gasteiger partial charge in [0, 0.05) is 43.2 Å². The second-order valence-corrected chi connectivity index (χ2v) is 6.83. The molecule has 0 radical (unpaired) electrons. The first-order chi connectivity index (χ1) is 14.9. The average molecular weight is 420 g/mol. The van der Waals surface area contributed by atoms with Crippen LogP contribution in [0, 0.1) is 17.0 Å². The predicted molar refractivity (Wildman–Crippen MR) is 117 cm³/mol. The van der Waals surface area contributed by atoms with Gasteiger partial charge in [0.1, 0.15) is 17.2 Å². The van der Waals surface area contributed by atoms with Crippen LogP contribution in [-0.4, -0.2) is 42.5 Å². The van der Waals surface area contributed by atoms with E-state index in [1.165, 1.54) is 12.1 Å². The van der Waals surface area contributed by atoms with Crippen LogP contribution >= 0.6 is 0 Å². The minimum Gasteiger partial charge on any atom is -0.508 e. The van der Waals surface area contributed by atoms with Crippen LogP contribution in [0.2, 0.25) is 0 Å². The third kappa shape index (κ3) is 4.15. The summed E-state index contributed by atoms with van der Waals surface area (Å²) in [5.41, 5.74) is 8.66. The largest absolute Gasteiger partial charge is 0.508 e. The first-order valence-electron chi connectivity index (χ1n) is 9.45. The number of nitro groups is 1. The molecule has 4 rings (SSSR count). The zero-order chi connectivity index (χ0) is 22.0. The lowest BCUT2D eigenvalue weighted by Gasteiger charge is -2.12. The second kappa shape index (κ2) is 8.14. The van der Waals surface area contributed by atoms with E-state index < -0.39 is 4.92 Å². The Morgan fingerprint density at radius 1 is 1.16 bits per heavy atom. The van der Waals surface area contributed by atoms with Gasteiger partial charge in [-0.3, -0.25) is 14.5 Å². The number of nitrogen functional groups attached to an aromatic ring is 1. The first-order valence-corrected chi connectivity index (χ1v) is 9.45. The summed E-state index contributed by atoms with van der Waals surface area (Å²) in [5, 5.41) is 26.8. The highest BCUT2D eigenvalue weighted by Crippen LogP contribution is 2.27. The van der Waals surface area contributed by atoms with Crippen molar-refractivity contribution < 1.29 is 10.0 Å². The summed E-state index contributed by atoms with van der Waals surface area (Å²) in [6, 6.07) is 9.84. The van der Waals surface area contributed by atoms with Crippen molar-refractivity contribution >= 4 is 28.9 Å². The molecule has 3 heterocycles. The molecule has 0 saturated heterocycles. The van der Waals surface area contributed by atoms with Crippen molar-refractivity contribution in [3.05, 3.63) is 64.5 Å². The Labute approximate surface area is 176 Å². The van der Waals surface area contributed by atoms with E-state index in [4.69, 9.17) is 10.7 Å². The Balaban J connectivity index is 1.49. The molecular weight excluding hydrogens is 400 g/mol. The third-order valence-electron chi connectivity index (χ3n) is 4.69. The molecule has 0 saturated carbocycles. The van der Waals surface area contributed by atoms with Crippen molar-refractivity contribution in [1.29, 1.82) is 0 Å². The number of nitrogens with zero attached hydrogens (tertiary/aromatic N) is 5. The summed E-state index contributed by atoms with van der Waals surface area (Å²) < 4.78 is 1.83. The molecule has 0 amide bonds. The van der Waals surface area contributed by atoms with Crippen LogP contribution in [-0.2, 0) is 0 Å². The van der Waals surface area contributed by atoms with Crippen molar-refractivity contribution in [2.75, 3.05) is 29.5 Å². The minimum atomic E-state index is -0.571. The number of aromatic nitrogens is 4. The lowest BCUT2D eigenvalue weighted by molar-refractivity contribution is -0.384. The molecule has 0 spiro atoms. The normalized spacial score (nSPS) is 10.9. The van der Waals surface area contributed by atoms with E-state index in [9.17, 15) is 15.2 Å². The Hall–Kier alpha value is -4.41. The summed E-state index contributed by atoms with van der Waals surface area (Å²) in [5.74, 6) is 1.12. The average Bonchev–Trinajstić information content (AvgIpc) is 3.19. The number of rotatable bonds is 7. The second-order valence-electron chi connectivity index (χ2n) is 6.83. The number of fused-ring (bicyclic) bond motifs is 1. The maximum Gasteiger partial charge on any atom is 0.311 e. The fourth-order valence-corrected chi connectivity index (χ4v) is 3.21. The van der Waals surface area contributed by atoms with E-state index in [-0.39, 0.29) is 17.3 Å². The third-order valence-corrected chi connectivity index (χ3v) is 4.69. The molecule has 0 unspecified atom stereocenters. The molecule has 31 heavy (non-hydrogen) atoms. The molecule has 0 aliphatic heterocycles. The van der Waals surface area contributed by atoms with Gasteiger partial charge in [-0.05, 0) is 36.8 Å². The van der Waals surface area contributed by atoms with Gasteiger partial charge in [0.15, 0.2) is 0 Å². The van der Waals surface area contributed by atoms with Gasteiger partial charge in [-0.2, -0.15) is 0 Å². The number of aromatic hydroxyl groups is 1. The maximum atomic E-state index is 10.8. The molecule has 11 nitrogen and oxygen atoms in total. The number of nitrogens with two attached hydrogens (primary N) is 1. The highest BCUT2D eigenvalue weighted by molar-refractivity contribution is 5.69. The van der Waals surface area contributed by atoms with Gasteiger partial charge in [0.05, 0.1) is 10.6 Å². The van der Waals surface area contributed by atoms with Crippen LogP contribution in [0.3, 0.4) is 0 Å². The number of nitrogens with one attached hydrogen (secondary N) is 2. The standard InChI is InChI=1S/C20H20N8O3/c1-12-10-13(29)2-3-14(12)15-11-18-23-8-9-27(18)20(25-15)24-7-6-22-17-5-4-16(28(30)31)19(21)26-17/h2-5,8-11,29H,6-7H2,1H3,(H,24,25)(H3,21,22,26). The topological polar surface area (TPSA) is 157 Å². The van der Waals surface area contributed by atoms with Gasteiger partial charge < -0.3 is 21.5 Å². The monoisotopic (exact) mass is 420 g/mol. The molecule has 5 N–H and O–H groups in total. The predicted octanol–water partition coefficient (Wildman–Crippen LogP) is 2.82. The molecular formula is C20H20N8O3. The number of hydrogen-bond acceptors (Lipinski definition) is 9. The Morgan fingerprint density at radius 2 is 1.97 bits per heavy atom. The van der Waals surface area contributed by atoms with Crippen molar-refractivity contribution in [3.63, 3.8) is 0 Å². The highest BCUT2D eigenvalue weighted by Gasteiger charge is 2.13. The molecule has 11 heteroatoms. The quantitative estimate of drug-likeness (QED) is 0.200.